The molecule has 0 bridgehead atoms. The number of pyridine rings is 1. The van der Waals surface area contributed by atoms with Crippen molar-refractivity contribution in [2.24, 2.45) is 0 Å². The Kier molecular flexibility index (Phi) is 3.05. The lowest BCUT2D eigenvalue weighted by molar-refractivity contribution is 1.33. The smallest absolute Gasteiger partial charge is 0.147 e. The van der Waals surface area contributed by atoms with Crippen LogP contribution in [0.25, 0.3) is 0 Å². The fourth-order valence-corrected chi connectivity index (χ4v) is 1.79. The van der Waals surface area contributed by atoms with Crippen molar-refractivity contribution in [3.8, 4) is 0 Å². The van der Waals surface area contributed by atoms with Crippen molar-refractivity contribution >= 4 is 39.8 Å². The van der Waals surface area contributed by atoms with Crippen LogP contribution in [0.15, 0.2) is 42.6 Å². The van der Waals surface area contributed by atoms with Gasteiger partial charge in [0.1, 0.15) is 5.82 Å². The predicted molar refractivity (Wildman–Crippen MR) is 71.1 cm³/mol. The lowest BCUT2D eigenvalue weighted by Gasteiger charge is -2.08. The standard InChI is InChI=1S/C11H10IN3/c12-8-3-1-4-9(7-8)15-10-5-2-6-14-11(10)13/h1-7,15H,(H2,13,14). The molecular weight excluding hydrogens is 301 g/mol. The molecule has 1 aromatic carbocycles. The Labute approximate surface area is 102 Å². The van der Waals surface area contributed by atoms with Crippen molar-refractivity contribution in [3.05, 3.63) is 46.2 Å². The molecule has 0 radical (unpaired) electrons. The summed E-state index contributed by atoms with van der Waals surface area (Å²) in [4.78, 5) is 4.01. The number of halogens is 1. The van der Waals surface area contributed by atoms with Gasteiger partial charge < -0.3 is 11.1 Å². The molecule has 1 aromatic heterocycles. The minimum Gasteiger partial charge on any atom is -0.382 e. The van der Waals surface area contributed by atoms with Gasteiger partial charge in [-0.2, -0.15) is 0 Å². The number of benzene rings is 1. The van der Waals surface area contributed by atoms with Gasteiger partial charge in [-0.15, -0.1) is 0 Å². The SMILES string of the molecule is Nc1ncccc1Nc1cccc(I)c1. The van der Waals surface area contributed by atoms with E-state index in [1.54, 1.807) is 6.20 Å². The zero-order chi connectivity index (χ0) is 10.7. The van der Waals surface area contributed by atoms with Crippen molar-refractivity contribution < 1.29 is 0 Å². The van der Waals surface area contributed by atoms with Crippen LogP contribution >= 0.6 is 22.6 Å². The average molecular weight is 311 g/mol. The van der Waals surface area contributed by atoms with E-state index in [4.69, 9.17) is 5.73 Å². The Morgan fingerprint density at radius 2 is 2.07 bits per heavy atom. The minimum absolute atomic E-state index is 0.511. The van der Waals surface area contributed by atoms with Gasteiger partial charge in [0, 0.05) is 15.5 Å². The zero-order valence-corrected chi connectivity index (χ0v) is 10.1. The van der Waals surface area contributed by atoms with Gasteiger partial charge in [-0.05, 0) is 52.9 Å². The summed E-state index contributed by atoms with van der Waals surface area (Å²) in [5, 5.41) is 3.22. The highest BCUT2D eigenvalue weighted by Gasteiger charge is 1.99. The second-order valence-electron chi connectivity index (χ2n) is 3.07. The quantitative estimate of drug-likeness (QED) is 0.838. The maximum absolute atomic E-state index is 5.73. The Bertz CT molecular complexity index is 471. The van der Waals surface area contributed by atoms with E-state index < -0.39 is 0 Å². The van der Waals surface area contributed by atoms with Crippen LogP contribution in [0.3, 0.4) is 0 Å². The molecule has 76 valence electrons. The van der Waals surface area contributed by atoms with E-state index in [9.17, 15) is 0 Å². The van der Waals surface area contributed by atoms with E-state index in [0.717, 1.165) is 11.4 Å². The molecule has 0 aliphatic heterocycles. The largest absolute Gasteiger partial charge is 0.382 e. The average Bonchev–Trinajstić information content (AvgIpc) is 2.22. The number of anilines is 3. The molecule has 0 saturated carbocycles. The molecule has 15 heavy (non-hydrogen) atoms. The second-order valence-corrected chi connectivity index (χ2v) is 4.32. The summed E-state index contributed by atoms with van der Waals surface area (Å²) in [5.74, 6) is 0.511. The first-order chi connectivity index (χ1) is 7.25. The summed E-state index contributed by atoms with van der Waals surface area (Å²) in [5.41, 5.74) is 7.58. The predicted octanol–water partition coefficient (Wildman–Crippen LogP) is 3.01. The summed E-state index contributed by atoms with van der Waals surface area (Å²) >= 11 is 2.27. The van der Waals surface area contributed by atoms with E-state index in [1.807, 2.05) is 36.4 Å². The van der Waals surface area contributed by atoms with Crippen LogP contribution < -0.4 is 11.1 Å². The molecule has 0 fully saturated rings. The maximum Gasteiger partial charge on any atom is 0.147 e. The summed E-state index contributed by atoms with van der Waals surface area (Å²) in [6, 6.07) is 11.8. The molecule has 0 spiro atoms. The second kappa shape index (κ2) is 4.48. The van der Waals surface area contributed by atoms with Crippen LogP contribution in [0.1, 0.15) is 0 Å². The minimum atomic E-state index is 0.511. The van der Waals surface area contributed by atoms with Crippen LogP contribution in [0, 0.1) is 3.57 Å². The molecule has 3 N–H and O–H groups in total. The Hall–Kier alpha value is -1.30. The van der Waals surface area contributed by atoms with E-state index in [2.05, 4.69) is 32.9 Å². The number of rotatable bonds is 2. The molecule has 3 nitrogen and oxygen atoms in total. The van der Waals surface area contributed by atoms with Crippen molar-refractivity contribution in [1.29, 1.82) is 0 Å². The number of nitrogens with zero attached hydrogens (tertiary/aromatic N) is 1. The van der Waals surface area contributed by atoms with Gasteiger partial charge in [0.05, 0.1) is 5.69 Å². The van der Waals surface area contributed by atoms with Crippen LogP contribution in [-0.2, 0) is 0 Å². The third kappa shape index (κ3) is 2.59. The summed E-state index contributed by atoms with van der Waals surface area (Å²) in [6.45, 7) is 0. The molecular formula is C11H10IN3. The lowest BCUT2D eigenvalue weighted by atomic mass is 10.3. The summed E-state index contributed by atoms with van der Waals surface area (Å²) in [6.07, 6.45) is 1.68. The number of hydrogen-bond donors (Lipinski definition) is 2. The highest BCUT2D eigenvalue weighted by atomic mass is 127. The van der Waals surface area contributed by atoms with Gasteiger partial charge in [0.25, 0.3) is 0 Å². The van der Waals surface area contributed by atoms with Crippen LogP contribution in [0.4, 0.5) is 17.2 Å². The molecule has 1 heterocycles. The normalized spacial score (nSPS) is 9.93. The summed E-state index contributed by atoms with van der Waals surface area (Å²) in [7, 11) is 0. The molecule has 2 rings (SSSR count). The molecule has 0 aliphatic carbocycles. The molecule has 0 aliphatic rings. The number of nitrogen functional groups attached to an aromatic ring is 1. The molecule has 0 unspecified atom stereocenters. The van der Waals surface area contributed by atoms with Crippen molar-refractivity contribution in [2.75, 3.05) is 11.1 Å². The zero-order valence-electron chi connectivity index (χ0n) is 7.94. The number of nitrogens with two attached hydrogens (primary N) is 1. The Morgan fingerprint density at radius 1 is 1.20 bits per heavy atom. The Balaban J connectivity index is 2.26. The van der Waals surface area contributed by atoms with Gasteiger partial charge >= 0.3 is 0 Å². The van der Waals surface area contributed by atoms with Gasteiger partial charge in [-0.3, -0.25) is 0 Å². The van der Waals surface area contributed by atoms with Crippen LogP contribution in [0.2, 0.25) is 0 Å². The van der Waals surface area contributed by atoms with Crippen LogP contribution in [0.5, 0.6) is 0 Å². The third-order valence-corrected chi connectivity index (χ3v) is 2.61. The molecule has 2 aromatic rings. The van der Waals surface area contributed by atoms with Crippen molar-refractivity contribution in [1.82, 2.24) is 4.98 Å². The monoisotopic (exact) mass is 311 g/mol. The van der Waals surface area contributed by atoms with Gasteiger partial charge in [0.2, 0.25) is 0 Å². The van der Waals surface area contributed by atoms with Crippen molar-refractivity contribution in [3.63, 3.8) is 0 Å². The summed E-state index contributed by atoms with van der Waals surface area (Å²) < 4.78 is 1.18. The molecule has 4 heteroatoms. The van der Waals surface area contributed by atoms with Crippen LogP contribution in [-0.4, -0.2) is 4.98 Å². The third-order valence-electron chi connectivity index (χ3n) is 1.94. The first-order valence-electron chi connectivity index (χ1n) is 4.49. The van der Waals surface area contributed by atoms with E-state index in [-0.39, 0.29) is 0 Å². The van der Waals surface area contributed by atoms with Crippen molar-refractivity contribution in [2.45, 2.75) is 0 Å². The first-order valence-corrected chi connectivity index (χ1v) is 5.56. The highest BCUT2D eigenvalue weighted by Crippen LogP contribution is 2.21. The number of hydrogen-bond acceptors (Lipinski definition) is 3. The lowest BCUT2D eigenvalue weighted by Crippen LogP contribution is -1.97. The number of aromatic nitrogens is 1. The fourth-order valence-electron chi connectivity index (χ4n) is 1.24. The molecule has 0 atom stereocenters. The van der Waals surface area contributed by atoms with Gasteiger partial charge in [-0.25, -0.2) is 4.98 Å². The number of nitrogens with one attached hydrogen (secondary N) is 1. The van der Waals surface area contributed by atoms with E-state index in [0.29, 0.717) is 5.82 Å². The first kappa shape index (κ1) is 10.2. The molecule has 0 amide bonds. The fraction of sp³-hybridized carbons (Fsp3) is 0. The van der Waals surface area contributed by atoms with E-state index in [1.165, 1.54) is 3.57 Å². The van der Waals surface area contributed by atoms with Gasteiger partial charge in [0.15, 0.2) is 0 Å². The van der Waals surface area contributed by atoms with Gasteiger partial charge in [-0.1, -0.05) is 6.07 Å². The molecule has 0 saturated heterocycles. The highest BCUT2D eigenvalue weighted by molar-refractivity contribution is 14.1. The Morgan fingerprint density at radius 3 is 2.80 bits per heavy atom. The maximum atomic E-state index is 5.73. The topological polar surface area (TPSA) is 50.9 Å². The van der Waals surface area contributed by atoms with E-state index >= 15 is 0 Å².